The van der Waals surface area contributed by atoms with Crippen LogP contribution in [0.4, 0.5) is 0 Å². The van der Waals surface area contributed by atoms with Crippen LogP contribution in [0.5, 0.6) is 5.75 Å². The van der Waals surface area contributed by atoms with Gasteiger partial charge in [-0.1, -0.05) is 12.1 Å². The summed E-state index contributed by atoms with van der Waals surface area (Å²) in [4.78, 5) is 22.5. The van der Waals surface area contributed by atoms with Gasteiger partial charge in [0.2, 0.25) is 5.91 Å². The van der Waals surface area contributed by atoms with Crippen molar-refractivity contribution in [3.05, 3.63) is 29.3 Å². The van der Waals surface area contributed by atoms with Gasteiger partial charge in [-0.25, -0.2) is 0 Å². The van der Waals surface area contributed by atoms with Gasteiger partial charge in [0.1, 0.15) is 5.75 Å². The van der Waals surface area contributed by atoms with Crippen molar-refractivity contribution in [3.8, 4) is 5.75 Å². The Morgan fingerprint density at radius 3 is 2.57 bits per heavy atom. The Kier molecular flexibility index (Phi) is 5.76. The summed E-state index contributed by atoms with van der Waals surface area (Å²) in [6.45, 7) is 7.61. The third-order valence-corrected chi connectivity index (χ3v) is 3.21. The van der Waals surface area contributed by atoms with Crippen LogP contribution in [-0.2, 0) is 9.59 Å². The molecule has 2 N–H and O–H groups in total. The zero-order chi connectivity index (χ0) is 16.0. The van der Waals surface area contributed by atoms with Crippen LogP contribution in [-0.4, -0.2) is 29.1 Å². The highest BCUT2D eigenvalue weighted by Gasteiger charge is 2.23. The highest BCUT2D eigenvalue weighted by Crippen LogP contribution is 2.20. The van der Waals surface area contributed by atoms with Crippen molar-refractivity contribution in [3.63, 3.8) is 0 Å². The lowest BCUT2D eigenvalue weighted by Crippen LogP contribution is -2.45. The van der Waals surface area contributed by atoms with Crippen molar-refractivity contribution in [1.82, 2.24) is 5.32 Å². The molecule has 0 bridgehead atoms. The summed E-state index contributed by atoms with van der Waals surface area (Å²) in [5.74, 6) is -0.383. The van der Waals surface area contributed by atoms with Crippen LogP contribution in [0.1, 0.15) is 37.8 Å². The number of hydrogen-bond donors (Lipinski definition) is 2. The monoisotopic (exact) mass is 293 g/mol. The normalized spacial score (nSPS) is 11.0. The number of carbonyl (C=O) groups is 2. The molecule has 116 valence electrons. The van der Waals surface area contributed by atoms with Crippen LogP contribution in [0.3, 0.4) is 0 Å². The Morgan fingerprint density at radius 1 is 1.29 bits per heavy atom. The maximum atomic E-state index is 11.8. The molecule has 5 nitrogen and oxygen atoms in total. The summed E-state index contributed by atoms with van der Waals surface area (Å²) in [5, 5.41) is 11.5. The molecule has 0 spiro atoms. The molecular formula is C16H23NO4. The average molecular weight is 293 g/mol. The molecule has 0 aliphatic carbocycles. The topological polar surface area (TPSA) is 75.6 Å². The Bertz CT molecular complexity index is 523. The molecule has 21 heavy (non-hydrogen) atoms. The Labute approximate surface area is 125 Å². The first-order chi connectivity index (χ1) is 9.71. The highest BCUT2D eigenvalue weighted by molar-refractivity contribution is 5.78. The number of benzene rings is 1. The average Bonchev–Trinajstić information content (AvgIpc) is 2.32. The zero-order valence-corrected chi connectivity index (χ0v) is 13.0. The lowest BCUT2D eigenvalue weighted by Gasteiger charge is -2.24. The first kappa shape index (κ1) is 17.0. The molecule has 1 aromatic rings. The molecular weight excluding hydrogens is 270 g/mol. The zero-order valence-electron chi connectivity index (χ0n) is 13.0. The number of aryl methyl sites for hydroxylation is 1. The van der Waals surface area contributed by atoms with Crippen molar-refractivity contribution in [2.75, 3.05) is 6.61 Å². The third kappa shape index (κ3) is 5.85. The molecule has 1 rings (SSSR count). The van der Waals surface area contributed by atoms with E-state index in [4.69, 9.17) is 9.84 Å². The number of amides is 1. The molecule has 0 fully saturated rings. The minimum atomic E-state index is -0.938. The summed E-state index contributed by atoms with van der Waals surface area (Å²) < 4.78 is 5.61. The van der Waals surface area contributed by atoms with Gasteiger partial charge in [0.05, 0.1) is 19.4 Å². The van der Waals surface area contributed by atoms with Crippen LogP contribution in [0.25, 0.3) is 0 Å². The van der Waals surface area contributed by atoms with Crippen molar-refractivity contribution in [1.29, 1.82) is 0 Å². The van der Waals surface area contributed by atoms with E-state index in [1.807, 2.05) is 32.0 Å². The maximum absolute atomic E-state index is 11.8. The number of rotatable bonds is 7. The SMILES string of the molecule is Cc1cccc(OCCC(=O)NC(C)(C)CC(=O)O)c1C. The van der Waals surface area contributed by atoms with Crippen LogP contribution >= 0.6 is 0 Å². The first-order valence-corrected chi connectivity index (χ1v) is 6.93. The predicted octanol–water partition coefficient (Wildman–Crippen LogP) is 2.44. The maximum Gasteiger partial charge on any atom is 0.305 e. The van der Waals surface area contributed by atoms with Gasteiger partial charge in [0.25, 0.3) is 0 Å². The minimum absolute atomic E-state index is 0.114. The van der Waals surface area contributed by atoms with Gasteiger partial charge in [0.15, 0.2) is 0 Å². The van der Waals surface area contributed by atoms with Crippen LogP contribution in [0.15, 0.2) is 18.2 Å². The van der Waals surface area contributed by atoms with Gasteiger partial charge in [-0.3, -0.25) is 9.59 Å². The van der Waals surface area contributed by atoms with E-state index in [2.05, 4.69) is 5.32 Å². The number of carboxylic acids is 1. The summed E-state index contributed by atoms with van der Waals surface area (Å²) in [5.41, 5.74) is 1.44. The van der Waals surface area contributed by atoms with E-state index in [9.17, 15) is 9.59 Å². The molecule has 5 heteroatoms. The largest absolute Gasteiger partial charge is 0.493 e. The van der Waals surface area contributed by atoms with Crippen LogP contribution < -0.4 is 10.1 Å². The molecule has 0 unspecified atom stereocenters. The second-order valence-electron chi connectivity index (χ2n) is 5.80. The summed E-state index contributed by atoms with van der Waals surface area (Å²) in [6, 6.07) is 5.78. The smallest absolute Gasteiger partial charge is 0.305 e. The summed E-state index contributed by atoms with van der Waals surface area (Å²) in [7, 11) is 0. The van der Waals surface area contributed by atoms with E-state index in [1.54, 1.807) is 13.8 Å². The summed E-state index contributed by atoms with van der Waals surface area (Å²) >= 11 is 0. The van der Waals surface area contributed by atoms with Crippen molar-refractivity contribution < 1.29 is 19.4 Å². The van der Waals surface area contributed by atoms with E-state index in [0.29, 0.717) is 0 Å². The van der Waals surface area contributed by atoms with Crippen molar-refractivity contribution >= 4 is 11.9 Å². The van der Waals surface area contributed by atoms with Gasteiger partial charge in [-0.05, 0) is 44.9 Å². The molecule has 0 aliphatic heterocycles. The van der Waals surface area contributed by atoms with Crippen LogP contribution in [0.2, 0.25) is 0 Å². The van der Waals surface area contributed by atoms with E-state index in [0.717, 1.165) is 16.9 Å². The molecule has 0 radical (unpaired) electrons. The van der Waals surface area contributed by atoms with Crippen molar-refractivity contribution in [2.45, 2.75) is 46.1 Å². The van der Waals surface area contributed by atoms with E-state index < -0.39 is 11.5 Å². The number of carboxylic acid groups (broad SMARTS) is 1. The number of hydrogen-bond acceptors (Lipinski definition) is 3. The number of carbonyl (C=O) groups excluding carboxylic acids is 1. The Hall–Kier alpha value is -2.04. The number of nitrogens with one attached hydrogen (secondary N) is 1. The highest BCUT2D eigenvalue weighted by atomic mass is 16.5. The lowest BCUT2D eigenvalue weighted by atomic mass is 10.0. The lowest BCUT2D eigenvalue weighted by molar-refractivity contribution is -0.138. The summed E-state index contributed by atoms with van der Waals surface area (Å²) in [6.07, 6.45) is 0.0764. The predicted molar refractivity (Wildman–Crippen MR) is 80.5 cm³/mol. The fourth-order valence-corrected chi connectivity index (χ4v) is 2.00. The molecule has 0 saturated heterocycles. The van der Waals surface area contributed by atoms with Crippen molar-refractivity contribution in [2.24, 2.45) is 0 Å². The second kappa shape index (κ2) is 7.11. The fraction of sp³-hybridized carbons (Fsp3) is 0.500. The standard InChI is InChI=1S/C16H23NO4/c1-11-6-5-7-13(12(11)2)21-9-8-14(18)17-16(3,4)10-15(19)20/h5-7H,8-10H2,1-4H3,(H,17,18)(H,19,20). The molecule has 1 aromatic carbocycles. The molecule has 0 heterocycles. The molecule has 0 aliphatic rings. The van der Waals surface area contributed by atoms with E-state index in [1.165, 1.54) is 0 Å². The fourth-order valence-electron chi connectivity index (χ4n) is 2.00. The van der Waals surface area contributed by atoms with Crippen LogP contribution in [0, 0.1) is 13.8 Å². The Balaban J connectivity index is 2.44. The molecule has 0 atom stereocenters. The van der Waals surface area contributed by atoms with Gasteiger partial charge in [-0.2, -0.15) is 0 Å². The molecule has 0 aromatic heterocycles. The van der Waals surface area contributed by atoms with Gasteiger partial charge < -0.3 is 15.2 Å². The van der Waals surface area contributed by atoms with E-state index in [-0.39, 0.29) is 25.4 Å². The Morgan fingerprint density at radius 2 is 1.95 bits per heavy atom. The van der Waals surface area contributed by atoms with Gasteiger partial charge in [0, 0.05) is 5.54 Å². The van der Waals surface area contributed by atoms with E-state index >= 15 is 0 Å². The quantitative estimate of drug-likeness (QED) is 0.809. The third-order valence-electron chi connectivity index (χ3n) is 3.21. The molecule has 0 saturated carbocycles. The first-order valence-electron chi connectivity index (χ1n) is 6.93. The van der Waals surface area contributed by atoms with Gasteiger partial charge in [-0.15, -0.1) is 0 Å². The number of ether oxygens (including phenoxy) is 1. The number of aliphatic carboxylic acids is 1. The van der Waals surface area contributed by atoms with Gasteiger partial charge >= 0.3 is 5.97 Å². The second-order valence-corrected chi connectivity index (χ2v) is 5.80. The molecule has 1 amide bonds. The minimum Gasteiger partial charge on any atom is -0.493 e.